The van der Waals surface area contributed by atoms with Crippen molar-refractivity contribution < 1.29 is 18.0 Å². The molecule has 3 rings (SSSR count). The second-order valence-electron chi connectivity index (χ2n) is 10.3. The second-order valence-corrected chi connectivity index (χ2v) is 12.2. The van der Waals surface area contributed by atoms with Crippen molar-refractivity contribution in [2.45, 2.75) is 77.9 Å². The van der Waals surface area contributed by atoms with Crippen molar-refractivity contribution in [3.63, 3.8) is 0 Å². The third kappa shape index (κ3) is 7.30. The van der Waals surface area contributed by atoms with Gasteiger partial charge in [0.1, 0.15) is 12.6 Å². The molecule has 2 unspecified atom stereocenters. The van der Waals surface area contributed by atoms with Crippen LogP contribution in [0.4, 0.5) is 5.69 Å². The summed E-state index contributed by atoms with van der Waals surface area (Å²) >= 11 is 0. The molecule has 3 aromatic rings. The zero-order chi connectivity index (χ0) is 29.4. The molecule has 0 aliphatic heterocycles. The van der Waals surface area contributed by atoms with Gasteiger partial charge >= 0.3 is 0 Å². The first-order chi connectivity index (χ1) is 19.0. The van der Waals surface area contributed by atoms with E-state index in [0.29, 0.717) is 12.1 Å². The third-order valence-corrected chi connectivity index (χ3v) is 9.01. The van der Waals surface area contributed by atoms with Crippen LogP contribution in [0, 0.1) is 20.8 Å². The van der Waals surface area contributed by atoms with E-state index in [1.807, 2.05) is 77.9 Å². The zero-order valence-electron chi connectivity index (χ0n) is 24.3. The van der Waals surface area contributed by atoms with Gasteiger partial charge in [0.2, 0.25) is 11.8 Å². The summed E-state index contributed by atoms with van der Waals surface area (Å²) in [7, 11) is -4.09. The Kier molecular flexibility index (Phi) is 10.5. The lowest BCUT2D eigenvalue weighted by Gasteiger charge is -2.34. The molecule has 0 spiro atoms. The van der Waals surface area contributed by atoms with Crippen LogP contribution in [0.2, 0.25) is 0 Å². The summed E-state index contributed by atoms with van der Waals surface area (Å²) in [5.74, 6) is -0.696. The lowest BCUT2D eigenvalue weighted by molar-refractivity contribution is -0.140. The number of hydrogen-bond acceptors (Lipinski definition) is 4. The van der Waals surface area contributed by atoms with Gasteiger partial charge in [-0.3, -0.25) is 13.9 Å². The van der Waals surface area contributed by atoms with Crippen LogP contribution in [0.1, 0.15) is 55.9 Å². The fourth-order valence-electron chi connectivity index (χ4n) is 4.55. The molecule has 8 heteroatoms. The van der Waals surface area contributed by atoms with Gasteiger partial charge in [0.15, 0.2) is 0 Å². The van der Waals surface area contributed by atoms with E-state index in [2.05, 4.69) is 5.32 Å². The molecule has 214 valence electrons. The molecule has 0 saturated heterocycles. The minimum absolute atomic E-state index is 0.0538. The molecule has 2 amide bonds. The van der Waals surface area contributed by atoms with E-state index in [4.69, 9.17) is 0 Å². The summed E-state index contributed by atoms with van der Waals surface area (Å²) in [6, 6.07) is 20.5. The van der Waals surface area contributed by atoms with Gasteiger partial charge in [0, 0.05) is 12.6 Å². The van der Waals surface area contributed by atoms with Gasteiger partial charge in [-0.25, -0.2) is 8.42 Å². The average Bonchev–Trinajstić information content (AvgIpc) is 2.94. The molecule has 0 aliphatic rings. The number of rotatable bonds is 12. The number of benzene rings is 3. The summed E-state index contributed by atoms with van der Waals surface area (Å²) in [5.41, 5.74) is 3.92. The minimum Gasteiger partial charge on any atom is -0.352 e. The topological polar surface area (TPSA) is 86.8 Å². The van der Waals surface area contributed by atoms with Crippen LogP contribution < -0.4 is 9.62 Å². The molecule has 0 heterocycles. The number of nitrogens with one attached hydrogen (secondary N) is 1. The van der Waals surface area contributed by atoms with Crippen LogP contribution in [-0.2, 0) is 26.2 Å². The van der Waals surface area contributed by atoms with E-state index in [0.717, 1.165) is 28.7 Å². The molecule has 1 N–H and O–H groups in total. The Morgan fingerprint density at radius 2 is 1.50 bits per heavy atom. The molecule has 40 heavy (non-hydrogen) atoms. The number of carbonyl (C=O) groups is 2. The number of sulfonamides is 1. The minimum atomic E-state index is -4.09. The molecule has 3 aromatic carbocycles. The number of nitrogens with zero attached hydrogens (tertiary/aromatic N) is 2. The van der Waals surface area contributed by atoms with Gasteiger partial charge in [-0.05, 0) is 81.0 Å². The van der Waals surface area contributed by atoms with Crippen LogP contribution in [0.15, 0.2) is 77.7 Å². The highest BCUT2D eigenvalue weighted by molar-refractivity contribution is 7.92. The molecule has 7 nitrogen and oxygen atoms in total. The van der Waals surface area contributed by atoms with Crippen LogP contribution >= 0.6 is 0 Å². The van der Waals surface area contributed by atoms with Gasteiger partial charge in [0.05, 0.1) is 10.6 Å². The molecule has 0 saturated carbocycles. The third-order valence-electron chi connectivity index (χ3n) is 7.23. The Balaban J connectivity index is 2.10. The van der Waals surface area contributed by atoms with E-state index < -0.39 is 28.5 Å². The maximum absolute atomic E-state index is 14.2. The van der Waals surface area contributed by atoms with Crippen molar-refractivity contribution in [2.75, 3.05) is 10.8 Å². The summed E-state index contributed by atoms with van der Waals surface area (Å²) in [6.07, 6.45) is 1.14. The Morgan fingerprint density at radius 3 is 2.12 bits per heavy atom. The molecule has 0 fully saturated rings. The number of hydrogen-bond donors (Lipinski definition) is 1. The number of aryl methyl sites for hydroxylation is 3. The normalized spacial score (nSPS) is 12.8. The van der Waals surface area contributed by atoms with Gasteiger partial charge in [-0.1, -0.05) is 68.4 Å². The summed E-state index contributed by atoms with van der Waals surface area (Å²) < 4.78 is 29.2. The number of carbonyl (C=O) groups excluding carboxylic acids is 2. The van der Waals surface area contributed by atoms with Gasteiger partial charge in [-0.15, -0.1) is 0 Å². The monoisotopic (exact) mass is 563 g/mol. The largest absolute Gasteiger partial charge is 0.352 e. The number of amides is 2. The Labute approximate surface area is 239 Å². The molecule has 0 radical (unpaired) electrons. The van der Waals surface area contributed by atoms with Crippen molar-refractivity contribution in [2.24, 2.45) is 0 Å². The van der Waals surface area contributed by atoms with Gasteiger partial charge in [0.25, 0.3) is 10.0 Å². The first kappa shape index (κ1) is 30.9. The Morgan fingerprint density at radius 1 is 0.850 bits per heavy atom. The predicted molar refractivity (Wildman–Crippen MR) is 161 cm³/mol. The molecule has 0 aliphatic carbocycles. The standard InChI is InChI=1S/C32H41N3O4S/c1-7-26(6)33-32(37)29(8-2)34(21-27-15-13-12-14-24(27)4)31(36)22-35(30-20-23(3)18-19-25(30)5)40(38,39)28-16-10-9-11-17-28/h9-20,26,29H,7-8,21-22H2,1-6H3,(H,33,37). The molecule has 0 bridgehead atoms. The van der Waals surface area contributed by atoms with Crippen molar-refractivity contribution in [1.29, 1.82) is 0 Å². The van der Waals surface area contributed by atoms with Crippen LogP contribution in [0.3, 0.4) is 0 Å². The first-order valence-electron chi connectivity index (χ1n) is 13.8. The zero-order valence-corrected chi connectivity index (χ0v) is 25.2. The summed E-state index contributed by atoms with van der Waals surface area (Å²) in [5, 5.41) is 3.01. The molecule has 0 aromatic heterocycles. The maximum Gasteiger partial charge on any atom is 0.264 e. The average molecular weight is 564 g/mol. The van der Waals surface area contributed by atoms with Crippen LogP contribution in [-0.4, -0.2) is 43.8 Å². The van der Waals surface area contributed by atoms with E-state index in [1.54, 1.807) is 24.3 Å². The summed E-state index contributed by atoms with van der Waals surface area (Å²) in [6.45, 7) is 11.2. The molecular weight excluding hydrogens is 522 g/mol. The molecular formula is C32H41N3O4S. The van der Waals surface area contributed by atoms with Gasteiger partial charge < -0.3 is 10.2 Å². The fourth-order valence-corrected chi connectivity index (χ4v) is 6.04. The van der Waals surface area contributed by atoms with Crippen molar-refractivity contribution >= 4 is 27.5 Å². The maximum atomic E-state index is 14.2. The van der Waals surface area contributed by atoms with E-state index >= 15 is 0 Å². The quantitative estimate of drug-likeness (QED) is 0.314. The predicted octanol–water partition coefficient (Wildman–Crippen LogP) is 5.53. The van der Waals surface area contributed by atoms with Crippen molar-refractivity contribution in [3.05, 3.63) is 95.1 Å². The van der Waals surface area contributed by atoms with E-state index in [1.165, 1.54) is 21.3 Å². The smallest absolute Gasteiger partial charge is 0.264 e. The highest BCUT2D eigenvalue weighted by atomic mass is 32.2. The van der Waals surface area contributed by atoms with Crippen molar-refractivity contribution in [1.82, 2.24) is 10.2 Å². The molecule has 2 atom stereocenters. The number of anilines is 1. The van der Waals surface area contributed by atoms with E-state index in [-0.39, 0.29) is 23.4 Å². The first-order valence-corrected chi connectivity index (χ1v) is 15.2. The second kappa shape index (κ2) is 13.6. The van der Waals surface area contributed by atoms with Crippen LogP contribution in [0.25, 0.3) is 0 Å². The van der Waals surface area contributed by atoms with Crippen molar-refractivity contribution in [3.8, 4) is 0 Å². The Hall–Kier alpha value is -3.65. The van der Waals surface area contributed by atoms with Crippen LogP contribution in [0.5, 0.6) is 0 Å². The van der Waals surface area contributed by atoms with E-state index in [9.17, 15) is 18.0 Å². The summed E-state index contributed by atoms with van der Waals surface area (Å²) in [4.78, 5) is 29.2. The lowest BCUT2D eigenvalue weighted by atomic mass is 10.1. The SMILES string of the molecule is CCC(C)NC(=O)C(CC)N(Cc1ccccc1C)C(=O)CN(c1cc(C)ccc1C)S(=O)(=O)c1ccccc1. The van der Waals surface area contributed by atoms with Gasteiger partial charge in [-0.2, -0.15) is 0 Å². The highest BCUT2D eigenvalue weighted by Gasteiger charge is 2.34. The highest BCUT2D eigenvalue weighted by Crippen LogP contribution is 2.28. The lowest BCUT2D eigenvalue weighted by Crippen LogP contribution is -2.53. The fraction of sp³-hybridized carbons (Fsp3) is 0.375. The Bertz CT molecular complexity index is 1420.